The molecule has 3 aromatic heterocycles. The predicted octanol–water partition coefficient (Wildman–Crippen LogP) is 6.73. The molecule has 4 heterocycles. The van der Waals surface area contributed by atoms with Crippen molar-refractivity contribution in [2.75, 3.05) is 26.3 Å². The molecule has 0 atom stereocenters. The minimum Gasteiger partial charge on any atom is -0.406 e. The summed E-state index contributed by atoms with van der Waals surface area (Å²) in [5.74, 6) is 0.383. The van der Waals surface area contributed by atoms with E-state index in [9.17, 15) is 26.4 Å². The Morgan fingerprint density at radius 2 is 1.71 bits per heavy atom. The molecule has 1 N–H and O–H groups in total. The van der Waals surface area contributed by atoms with E-state index in [1.165, 1.54) is 51.7 Å². The lowest BCUT2D eigenvalue weighted by atomic mass is 10.0. The molecule has 1 aliphatic heterocycles. The Hall–Kier alpha value is -4.55. The topological polar surface area (TPSA) is 132 Å². The summed E-state index contributed by atoms with van der Waals surface area (Å²) < 4.78 is 78.0. The smallest absolute Gasteiger partial charge is 0.406 e. The van der Waals surface area contributed by atoms with Gasteiger partial charge in [-0.15, -0.1) is 34.7 Å². The average molecular weight is 755 g/mol. The minimum absolute atomic E-state index is 0.0471. The van der Waals surface area contributed by atoms with Crippen molar-refractivity contribution in [1.82, 2.24) is 29.0 Å². The lowest BCUT2D eigenvalue weighted by molar-refractivity contribution is -0.274. The normalized spacial score (nSPS) is 14.3. The zero-order valence-corrected chi connectivity index (χ0v) is 29.5. The van der Waals surface area contributed by atoms with Gasteiger partial charge in [-0.05, 0) is 55.8 Å². The molecule has 51 heavy (non-hydrogen) atoms. The first kappa shape index (κ1) is 34.9. The molecule has 0 bridgehead atoms. The molecule has 11 nitrogen and oxygen atoms in total. The monoisotopic (exact) mass is 754 g/mol. The third-order valence-electron chi connectivity index (χ3n) is 8.13. The van der Waals surface area contributed by atoms with Gasteiger partial charge < -0.3 is 14.5 Å². The summed E-state index contributed by atoms with van der Waals surface area (Å²) >= 11 is 2.62. The van der Waals surface area contributed by atoms with Crippen LogP contribution in [0.25, 0.3) is 38.4 Å². The second kappa shape index (κ2) is 13.9. The van der Waals surface area contributed by atoms with Crippen molar-refractivity contribution in [3.8, 4) is 34.0 Å². The van der Waals surface area contributed by atoms with Crippen LogP contribution in [0.15, 0.2) is 87.6 Å². The van der Waals surface area contributed by atoms with Gasteiger partial charge in [-0.3, -0.25) is 9.36 Å². The zero-order valence-electron chi connectivity index (χ0n) is 27.1. The molecular formula is C34H29F3N6O5S3. The first-order valence-corrected chi connectivity index (χ1v) is 18.8. The molecule has 0 radical (unpaired) electrons. The summed E-state index contributed by atoms with van der Waals surface area (Å²) in [5, 5.41) is 9.57. The molecule has 17 heteroatoms. The Balaban J connectivity index is 1.24. The van der Waals surface area contributed by atoms with Gasteiger partial charge in [0.05, 0.1) is 29.2 Å². The van der Waals surface area contributed by atoms with Gasteiger partial charge in [-0.25, -0.2) is 13.4 Å². The summed E-state index contributed by atoms with van der Waals surface area (Å²) in [4.78, 5) is 22.7. The lowest BCUT2D eigenvalue weighted by Gasteiger charge is -2.26. The van der Waals surface area contributed by atoms with Crippen LogP contribution in [-0.4, -0.2) is 70.1 Å². The van der Waals surface area contributed by atoms with E-state index >= 15 is 0 Å². The van der Waals surface area contributed by atoms with Gasteiger partial charge in [-0.1, -0.05) is 53.7 Å². The first-order valence-electron chi connectivity index (χ1n) is 15.6. The van der Waals surface area contributed by atoms with Crippen LogP contribution in [-0.2, 0) is 20.5 Å². The van der Waals surface area contributed by atoms with E-state index in [1.54, 1.807) is 16.7 Å². The molecule has 1 aliphatic rings. The zero-order chi connectivity index (χ0) is 35.9. The van der Waals surface area contributed by atoms with E-state index < -0.39 is 22.1 Å². The van der Waals surface area contributed by atoms with Gasteiger partial charge in [0.1, 0.15) is 16.4 Å². The van der Waals surface area contributed by atoms with Gasteiger partial charge in [0.2, 0.25) is 10.0 Å². The molecule has 0 saturated carbocycles. The number of aryl methyl sites for hydroxylation is 2. The number of halogens is 3. The number of hydrogen-bond acceptors (Lipinski definition) is 10. The van der Waals surface area contributed by atoms with Crippen LogP contribution in [0.3, 0.4) is 0 Å². The average Bonchev–Trinajstić information content (AvgIpc) is 3.68. The highest BCUT2D eigenvalue weighted by Crippen LogP contribution is 2.37. The van der Waals surface area contributed by atoms with Gasteiger partial charge in [0.25, 0.3) is 5.56 Å². The number of fused-ring (bicyclic) bond motifs is 1. The number of morpholine rings is 1. The highest BCUT2D eigenvalue weighted by molar-refractivity contribution is 7.98. The van der Waals surface area contributed by atoms with Crippen LogP contribution >= 0.6 is 23.1 Å². The number of alkyl halides is 3. The Kier molecular flexibility index (Phi) is 9.49. The van der Waals surface area contributed by atoms with Crippen molar-refractivity contribution in [3.05, 3.63) is 99.4 Å². The van der Waals surface area contributed by atoms with Crippen molar-refractivity contribution in [3.63, 3.8) is 0 Å². The number of aromatic amines is 1. The Morgan fingerprint density at radius 1 is 0.980 bits per heavy atom. The van der Waals surface area contributed by atoms with Crippen molar-refractivity contribution in [2.45, 2.75) is 36.0 Å². The molecular weight excluding hydrogens is 726 g/mol. The molecule has 0 aliphatic carbocycles. The van der Waals surface area contributed by atoms with Crippen LogP contribution < -0.4 is 10.3 Å². The predicted molar refractivity (Wildman–Crippen MR) is 188 cm³/mol. The third-order valence-corrected chi connectivity index (χ3v) is 12.0. The van der Waals surface area contributed by atoms with Crippen molar-refractivity contribution < 1.29 is 31.1 Å². The SMILES string of the molecule is Cc1ccc(-c2c(C)sc3nc(CSc4nnc(-c5cccc(S(=O)(=O)N6CCOCC6)c5)n4-c4ccc(OC(F)(F)F)cc4)[nH]c(=O)c23)cc1. The van der Waals surface area contributed by atoms with Gasteiger partial charge in [-0.2, -0.15) is 4.31 Å². The number of rotatable bonds is 9. The van der Waals surface area contributed by atoms with Crippen molar-refractivity contribution in [1.29, 1.82) is 0 Å². The summed E-state index contributed by atoms with van der Waals surface area (Å²) in [5.41, 5.74) is 3.38. The van der Waals surface area contributed by atoms with Crippen LogP contribution in [0.1, 0.15) is 16.3 Å². The Bertz CT molecular complexity index is 2390. The largest absolute Gasteiger partial charge is 0.573 e. The summed E-state index contributed by atoms with van der Waals surface area (Å²) in [7, 11) is -3.85. The third kappa shape index (κ3) is 7.30. The minimum atomic E-state index is -4.87. The fourth-order valence-corrected chi connectivity index (χ4v) is 9.09. The molecule has 3 aromatic carbocycles. The van der Waals surface area contributed by atoms with Crippen LogP contribution in [0.2, 0.25) is 0 Å². The van der Waals surface area contributed by atoms with E-state index in [4.69, 9.17) is 9.72 Å². The van der Waals surface area contributed by atoms with Gasteiger partial charge in [0.15, 0.2) is 11.0 Å². The number of thioether (sulfide) groups is 1. The number of H-pyrrole nitrogens is 1. The maximum Gasteiger partial charge on any atom is 0.573 e. The maximum atomic E-state index is 13.5. The summed E-state index contributed by atoms with van der Waals surface area (Å²) in [6, 6.07) is 19.3. The standard InChI is InChI=1S/C34H29F3N6O5S3/c1-20-6-8-22(9-7-20)28-21(2)50-32-29(28)31(44)38-27(39-32)19-49-33-41-40-30(43(33)24-10-12-25(13-11-24)48-34(35,36)37)23-4-3-5-26(18-23)51(45,46)42-14-16-47-17-15-42/h3-13,18H,14-17,19H2,1-2H3,(H,38,39,44). The molecule has 1 saturated heterocycles. The van der Waals surface area contributed by atoms with Gasteiger partial charge in [0, 0.05) is 34.8 Å². The molecule has 0 unspecified atom stereocenters. The number of thiophene rings is 1. The second-order valence-corrected chi connectivity index (χ2v) is 15.7. The number of aromatic nitrogens is 5. The van der Waals surface area contributed by atoms with E-state index in [-0.39, 0.29) is 48.3 Å². The van der Waals surface area contributed by atoms with Gasteiger partial charge >= 0.3 is 6.36 Å². The van der Waals surface area contributed by atoms with E-state index in [0.29, 0.717) is 32.4 Å². The highest BCUT2D eigenvalue weighted by Gasteiger charge is 2.31. The van der Waals surface area contributed by atoms with E-state index in [0.717, 1.165) is 33.7 Å². The molecule has 6 aromatic rings. The fraction of sp³-hybridized carbons (Fsp3) is 0.235. The highest BCUT2D eigenvalue weighted by atomic mass is 32.2. The fourth-order valence-electron chi connectivity index (χ4n) is 5.74. The first-order chi connectivity index (χ1) is 24.4. The summed E-state index contributed by atoms with van der Waals surface area (Å²) in [6.45, 7) is 4.96. The van der Waals surface area contributed by atoms with Crippen molar-refractivity contribution in [2.24, 2.45) is 0 Å². The molecule has 0 spiro atoms. The number of benzene rings is 3. The second-order valence-electron chi connectivity index (χ2n) is 11.6. The number of nitrogens with one attached hydrogen (secondary N) is 1. The maximum absolute atomic E-state index is 13.5. The summed E-state index contributed by atoms with van der Waals surface area (Å²) in [6.07, 6.45) is -4.87. The van der Waals surface area contributed by atoms with Crippen LogP contribution in [0.5, 0.6) is 5.75 Å². The molecule has 264 valence electrons. The molecule has 7 rings (SSSR count). The Labute approximate surface area is 298 Å². The number of ether oxygens (including phenoxy) is 2. The number of nitrogens with zero attached hydrogens (tertiary/aromatic N) is 5. The number of sulfonamides is 1. The lowest BCUT2D eigenvalue weighted by Crippen LogP contribution is -2.40. The van der Waals surface area contributed by atoms with Crippen molar-refractivity contribution >= 4 is 43.3 Å². The number of hydrogen-bond donors (Lipinski definition) is 1. The van der Waals surface area contributed by atoms with Crippen LogP contribution in [0.4, 0.5) is 13.2 Å². The Morgan fingerprint density at radius 3 is 2.41 bits per heavy atom. The molecule has 0 amide bonds. The molecule has 1 fully saturated rings. The van der Waals surface area contributed by atoms with Crippen LogP contribution in [0, 0.1) is 13.8 Å². The quantitative estimate of drug-likeness (QED) is 0.160. The van der Waals surface area contributed by atoms with E-state index in [1.807, 2.05) is 38.1 Å². The van der Waals surface area contributed by atoms with E-state index in [2.05, 4.69) is 19.9 Å².